The first kappa shape index (κ1) is 21.5. The summed E-state index contributed by atoms with van der Waals surface area (Å²) < 4.78 is 0. The number of nitrogens with two attached hydrogens (primary N) is 1. The largest absolute Gasteiger partial charge is 0.398 e. The van der Waals surface area contributed by atoms with Crippen LogP contribution in [0.5, 0.6) is 0 Å². The smallest absolute Gasteiger partial charge is 0.160 e. The van der Waals surface area contributed by atoms with E-state index in [1.165, 1.54) is 44.2 Å². The van der Waals surface area contributed by atoms with Gasteiger partial charge in [0.2, 0.25) is 0 Å². The number of benzene rings is 2. The zero-order chi connectivity index (χ0) is 22.3. The molecule has 2 aromatic rings. The van der Waals surface area contributed by atoms with E-state index >= 15 is 0 Å². The van der Waals surface area contributed by atoms with E-state index in [2.05, 4.69) is 36.2 Å². The second-order valence-electron chi connectivity index (χ2n) is 11.0. The maximum Gasteiger partial charge on any atom is 0.160 e. The molecule has 0 aromatic heterocycles. The minimum atomic E-state index is 0.0735. The van der Waals surface area contributed by atoms with Crippen molar-refractivity contribution < 1.29 is 4.79 Å². The third-order valence-electron chi connectivity index (χ3n) is 8.30. The summed E-state index contributed by atoms with van der Waals surface area (Å²) in [5.74, 6) is 3.12. The molecule has 0 saturated heterocycles. The van der Waals surface area contributed by atoms with Crippen molar-refractivity contribution in [2.75, 3.05) is 19.3 Å². The van der Waals surface area contributed by atoms with Crippen LogP contribution in [0.3, 0.4) is 0 Å². The number of allylic oxidation sites excluding steroid dienone is 1. The molecule has 4 bridgehead atoms. The molecule has 3 heteroatoms. The fourth-order valence-electron chi connectivity index (χ4n) is 7.17. The molecule has 3 nitrogen and oxygen atoms in total. The molecule has 2 unspecified atom stereocenters. The maximum atomic E-state index is 12.4. The Labute approximate surface area is 192 Å². The Bertz CT molecular complexity index is 1010. The van der Waals surface area contributed by atoms with E-state index in [-0.39, 0.29) is 5.78 Å². The molecule has 0 amide bonds. The van der Waals surface area contributed by atoms with Crippen molar-refractivity contribution in [2.24, 2.45) is 23.2 Å². The Morgan fingerprint density at radius 2 is 1.81 bits per heavy atom. The van der Waals surface area contributed by atoms with E-state index in [1.54, 1.807) is 6.08 Å². The van der Waals surface area contributed by atoms with Crippen LogP contribution in [0.15, 0.2) is 48.5 Å². The first-order chi connectivity index (χ1) is 15.4. The Balaban J connectivity index is 1.14. The van der Waals surface area contributed by atoms with Crippen molar-refractivity contribution in [1.82, 2.24) is 4.90 Å². The fourth-order valence-corrected chi connectivity index (χ4v) is 7.17. The summed E-state index contributed by atoms with van der Waals surface area (Å²) in [7, 11) is 2.29. The van der Waals surface area contributed by atoms with Gasteiger partial charge in [-0.1, -0.05) is 42.5 Å². The zero-order valence-electron chi connectivity index (χ0n) is 19.5. The van der Waals surface area contributed by atoms with Crippen LogP contribution in [-0.4, -0.2) is 24.3 Å². The van der Waals surface area contributed by atoms with Crippen LogP contribution in [0.2, 0.25) is 0 Å². The van der Waals surface area contributed by atoms with Crippen LogP contribution >= 0.6 is 0 Å². The molecular weight excluding hydrogens is 392 g/mol. The molecule has 2 aromatic carbocycles. The third-order valence-corrected chi connectivity index (χ3v) is 8.30. The first-order valence-electron chi connectivity index (χ1n) is 12.2. The number of carbonyl (C=O) groups excluding carboxylic acids is 1. The van der Waals surface area contributed by atoms with Crippen molar-refractivity contribution in [3.05, 3.63) is 70.8 Å². The highest BCUT2D eigenvalue weighted by Gasteiger charge is 2.57. The molecule has 4 aliphatic carbocycles. The molecule has 2 atom stereocenters. The van der Waals surface area contributed by atoms with Gasteiger partial charge in [0.25, 0.3) is 0 Å². The topological polar surface area (TPSA) is 46.3 Å². The van der Waals surface area contributed by atoms with Crippen LogP contribution in [-0.2, 0) is 17.8 Å². The van der Waals surface area contributed by atoms with Crippen molar-refractivity contribution in [3.8, 4) is 0 Å². The Kier molecular flexibility index (Phi) is 5.71. The minimum absolute atomic E-state index is 0.0735. The predicted octanol–water partition coefficient (Wildman–Crippen LogP) is 5.66. The van der Waals surface area contributed by atoms with Gasteiger partial charge in [0, 0.05) is 25.2 Å². The van der Waals surface area contributed by atoms with Crippen molar-refractivity contribution in [1.29, 1.82) is 0 Å². The normalized spacial score (nSPS) is 28.3. The van der Waals surface area contributed by atoms with E-state index < -0.39 is 0 Å². The number of rotatable bonds is 8. The lowest BCUT2D eigenvalue weighted by Crippen LogP contribution is -2.36. The minimum Gasteiger partial charge on any atom is -0.398 e. The quantitative estimate of drug-likeness (QED) is 0.436. The number of hydrogen-bond acceptors (Lipinski definition) is 3. The van der Waals surface area contributed by atoms with Crippen LogP contribution < -0.4 is 5.73 Å². The van der Waals surface area contributed by atoms with Crippen LogP contribution in [0.4, 0.5) is 5.69 Å². The maximum absolute atomic E-state index is 12.4. The second-order valence-corrected chi connectivity index (χ2v) is 11.0. The molecule has 0 heterocycles. The second kappa shape index (κ2) is 8.51. The molecule has 0 spiro atoms. The molecule has 0 aliphatic heterocycles. The highest BCUT2D eigenvalue weighted by Crippen LogP contribution is 2.65. The van der Waals surface area contributed by atoms with Gasteiger partial charge in [-0.05, 0) is 104 Å². The summed E-state index contributed by atoms with van der Waals surface area (Å²) in [5, 5.41) is 0. The van der Waals surface area contributed by atoms with E-state index in [1.807, 2.05) is 31.2 Å². The number of nitrogens with zero attached hydrogens (tertiary/aromatic N) is 1. The van der Waals surface area contributed by atoms with Gasteiger partial charge < -0.3 is 10.6 Å². The average Bonchev–Trinajstić information content (AvgIpc) is 3.12. The molecule has 6 rings (SSSR count). The van der Waals surface area contributed by atoms with Gasteiger partial charge in [0.05, 0.1) is 0 Å². The molecule has 4 saturated carbocycles. The molecule has 4 fully saturated rings. The van der Waals surface area contributed by atoms with Crippen molar-refractivity contribution in [3.63, 3.8) is 0 Å². The average molecular weight is 429 g/mol. The van der Waals surface area contributed by atoms with Gasteiger partial charge in [-0.25, -0.2) is 0 Å². The molecule has 0 radical (unpaired) electrons. The summed E-state index contributed by atoms with van der Waals surface area (Å²) in [6.07, 6.45) is 11.4. The van der Waals surface area contributed by atoms with Crippen LogP contribution in [0.1, 0.15) is 54.4 Å². The Morgan fingerprint density at radius 1 is 1.09 bits per heavy atom. The third kappa shape index (κ3) is 4.41. The highest BCUT2D eigenvalue weighted by atomic mass is 16.1. The predicted molar refractivity (Wildman–Crippen MR) is 132 cm³/mol. The monoisotopic (exact) mass is 428 g/mol. The molecule has 168 valence electrons. The fraction of sp³-hybridized carbons (Fsp3) is 0.483. The van der Waals surface area contributed by atoms with Crippen molar-refractivity contribution >= 4 is 17.5 Å². The van der Waals surface area contributed by atoms with E-state index in [0.717, 1.165) is 41.0 Å². The lowest BCUT2D eigenvalue weighted by Gasteiger charge is -2.36. The van der Waals surface area contributed by atoms with Gasteiger partial charge in [-0.15, -0.1) is 0 Å². The van der Waals surface area contributed by atoms with Gasteiger partial charge in [0.15, 0.2) is 5.78 Å². The van der Waals surface area contributed by atoms with Gasteiger partial charge in [-0.3, -0.25) is 4.79 Å². The highest BCUT2D eigenvalue weighted by molar-refractivity contribution is 5.95. The first-order valence-corrected chi connectivity index (χ1v) is 12.2. The van der Waals surface area contributed by atoms with Crippen LogP contribution in [0, 0.1) is 30.1 Å². The van der Waals surface area contributed by atoms with Gasteiger partial charge in [0.1, 0.15) is 0 Å². The van der Waals surface area contributed by atoms with E-state index in [9.17, 15) is 4.79 Å². The summed E-state index contributed by atoms with van der Waals surface area (Å²) in [5.41, 5.74) is 11.8. The Hall–Kier alpha value is -2.39. The lowest BCUT2D eigenvalue weighted by atomic mass is 9.75. The summed E-state index contributed by atoms with van der Waals surface area (Å²) >= 11 is 0. The number of nitrogen functional groups attached to an aromatic ring is 1. The number of ketones is 1. The molecule has 4 aliphatic rings. The molecular formula is C29H36N2O. The van der Waals surface area contributed by atoms with E-state index in [4.69, 9.17) is 5.73 Å². The number of carbonyl (C=O) groups is 1. The van der Waals surface area contributed by atoms with Crippen molar-refractivity contribution in [2.45, 2.75) is 52.0 Å². The van der Waals surface area contributed by atoms with Gasteiger partial charge >= 0.3 is 0 Å². The van der Waals surface area contributed by atoms with Gasteiger partial charge in [-0.2, -0.15) is 0 Å². The van der Waals surface area contributed by atoms with Crippen LogP contribution in [0.25, 0.3) is 6.08 Å². The molecule has 32 heavy (non-hydrogen) atoms. The summed E-state index contributed by atoms with van der Waals surface area (Å²) in [4.78, 5) is 14.9. The number of anilines is 1. The number of aryl methyl sites for hydroxylation is 1. The van der Waals surface area contributed by atoms with E-state index in [0.29, 0.717) is 17.5 Å². The lowest BCUT2D eigenvalue weighted by molar-refractivity contribution is -0.113. The standard InChI is InChI=1S/C29H36N2O/c1-20-3-9-25(28(30)11-20)15-27(32)10-8-21-4-6-22(7-5-21)18-31(2)19-29-16-23-12-24(17-29)14-26(29)13-23/h3-11,23-24,26H,12-19,30H2,1-2H3/b10-8+. The summed E-state index contributed by atoms with van der Waals surface area (Å²) in [6.45, 7) is 4.26. The Morgan fingerprint density at radius 3 is 2.50 bits per heavy atom. The zero-order valence-corrected chi connectivity index (χ0v) is 19.5. The SMILES string of the molecule is Cc1ccc(CC(=O)/C=C/c2ccc(CN(C)CC34CC5CC(CC3C5)C4)cc2)c(N)c1. The molecule has 2 N–H and O–H groups in total. The summed E-state index contributed by atoms with van der Waals surface area (Å²) in [6, 6.07) is 14.5. The number of hydrogen-bond donors (Lipinski definition) is 1.